The van der Waals surface area contributed by atoms with Gasteiger partial charge in [-0.15, -0.1) is 5.10 Å². The smallest absolute Gasteiger partial charge is 0.243 e. The first kappa shape index (κ1) is 14.3. The van der Waals surface area contributed by atoms with Crippen LogP contribution in [0.2, 0.25) is 0 Å². The van der Waals surface area contributed by atoms with Crippen molar-refractivity contribution in [2.24, 2.45) is 5.41 Å². The third kappa shape index (κ3) is 3.18. The molecule has 0 bridgehead atoms. The Balaban J connectivity index is 1.66. The monoisotopic (exact) mass is 288 g/mol. The molecule has 5 heteroatoms. The quantitative estimate of drug-likeness (QED) is 0.911. The normalized spacial score (nSPS) is 20.6. The minimum absolute atomic E-state index is 0.352. The Morgan fingerprint density at radius 2 is 1.95 bits per heavy atom. The Labute approximate surface area is 125 Å². The zero-order valence-corrected chi connectivity index (χ0v) is 13.1. The highest BCUT2D eigenvalue weighted by atomic mass is 16.3. The molecule has 0 aliphatic heterocycles. The summed E-state index contributed by atoms with van der Waals surface area (Å²) in [5.41, 5.74) is 1.68. The Bertz CT molecular complexity index is 637. The fraction of sp³-hybridized carbons (Fsp3) is 0.625. The molecule has 0 spiro atoms. The second-order valence-electron chi connectivity index (χ2n) is 7.19. The van der Waals surface area contributed by atoms with Crippen LogP contribution in [-0.2, 0) is 0 Å². The number of nitrogens with zero attached hydrogens (tertiary/aromatic N) is 3. The van der Waals surface area contributed by atoms with E-state index in [0.717, 1.165) is 36.9 Å². The maximum absolute atomic E-state index is 10.7. The largest absolute Gasteiger partial charge is 0.388 e. The number of hydrogen-bond acceptors (Lipinski definition) is 4. The lowest BCUT2D eigenvalue weighted by atomic mass is 9.71. The Kier molecular flexibility index (Phi) is 3.40. The van der Waals surface area contributed by atoms with Gasteiger partial charge >= 0.3 is 0 Å². The SMILES string of the molecule is Cc1ccc2nc(NCC3(O)CCC(C)(C)CC3)nn2c1. The molecular weight excluding hydrogens is 264 g/mol. The van der Waals surface area contributed by atoms with Gasteiger partial charge in [-0.1, -0.05) is 19.9 Å². The summed E-state index contributed by atoms with van der Waals surface area (Å²) in [5.74, 6) is 0.582. The molecule has 3 rings (SSSR count). The molecule has 1 saturated carbocycles. The van der Waals surface area contributed by atoms with Gasteiger partial charge in [-0.05, 0) is 49.7 Å². The topological polar surface area (TPSA) is 62.5 Å². The second kappa shape index (κ2) is 4.98. The summed E-state index contributed by atoms with van der Waals surface area (Å²) in [6.07, 6.45) is 5.73. The maximum atomic E-state index is 10.7. The van der Waals surface area contributed by atoms with Gasteiger partial charge in [-0.3, -0.25) is 0 Å². The summed E-state index contributed by atoms with van der Waals surface area (Å²) >= 11 is 0. The summed E-state index contributed by atoms with van der Waals surface area (Å²) in [4.78, 5) is 4.43. The molecule has 0 amide bonds. The molecule has 0 unspecified atom stereocenters. The number of aromatic nitrogens is 3. The van der Waals surface area contributed by atoms with Gasteiger partial charge in [0, 0.05) is 12.7 Å². The fourth-order valence-electron chi connectivity index (χ4n) is 2.87. The van der Waals surface area contributed by atoms with E-state index < -0.39 is 5.60 Å². The molecule has 1 aliphatic rings. The number of aliphatic hydroxyl groups is 1. The standard InChI is InChI=1S/C16H24N4O/c1-12-4-5-13-18-14(19-20(13)10-12)17-11-16(21)8-6-15(2,3)7-9-16/h4-5,10,21H,6-9,11H2,1-3H3,(H,17,19). The minimum Gasteiger partial charge on any atom is -0.388 e. The van der Waals surface area contributed by atoms with Gasteiger partial charge in [0.25, 0.3) is 0 Å². The van der Waals surface area contributed by atoms with Crippen LogP contribution in [0, 0.1) is 12.3 Å². The van der Waals surface area contributed by atoms with Crippen molar-refractivity contribution < 1.29 is 5.11 Å². The minimum atomic E-state index is -0.636. The molecule has 1 aliphatic carbocycles. The van der Waals surface area contributed by atoms with Gasteiger partial charge in [0.05, 0.1) is 5.60 Å². The molecule has 0 radical (unpaired) electrons. The van der Waals surface area contributed by atoms with Gasteiger partial charge in [-0.2, -0.15) is 4.98 Å². The number of hydrogen-bond donors (Lipinski definition) is 2. The van der Waals surface area contributed by atoms with Crippen molar-refractivity contribution >= 4 is 11.6 Å². The molecule has 2 heterocycles. The summed E-state index contributed by atoms with van der Waals surface area (Å²) in [6, 6.07) is 3.97. The first-order valence-electron chi connectivity index (χ1n) is 7.65. The van der Waals surface area contributed by atoms with E-state index in [4.69, 9.17) is 0 Å². The van der Waals surface area contributed by atoms with Crippen LogP contribution in [0.15, 0.2) is 18.3 Å². The molecule has 0 saturated heterocycles. The van der Waals surface area contributed by atoms with Gasteiger partial charge in [0.1, 0.15) is 0 Å². The number of rotatable bonds is 3. The van der Waals surface area contributed by atoms with Crippen molar-refractivity contribution in [3.8, 4) is 0 Å². The first-order valence-corrected chi connectivity index (χ1v) is 7.65. The molecule has 0 aromatic carbocycles. The number of fused-ring (bicyclic) bond motifs is 1. The molecule has 2 N–H and O–H groups in total. The van der Waals surface area contributed by atoms with Crippen LogP contribution in [0.3, 0.4) is 0 Å². The summed E-state index contributed by atoms with van der Waals surface area (Å²) in [5, 5.41) is 18.3. The molecular formula is C16H24N4O. The van der Waals surface area contributed by atoms with Crippen molar-refractivity contribution in [2.45, 2.75) is 52.1 Å². The van der Waals surface area contributed by atoms with E-state index in [1.807, 2.05) is 25.3 Å². The highest BCUT2D eigenvalue weighted by molar-refractivity contribution is 5.44. The first-order chi connectivity index (χ1) is 9.85. The van der Waals surface area contributed by atoms with Crippen molar-refractivity contribution in [1.29, 1.82) is 0 Å². The number of pyridine rings is 1. The zero-order valence-electron chi connectivity index (χ0n) is 13.1. The van der Waals surface area contributed by atoms with E-state index in [1.165, 1.54) is 0 Å². The third-order valence-electron chi connectivity index (χ3n) is 4.59. The van der Waals surface area contributed by atoms with Crippen molar-refractivity contribution in [3.63, 3.8) is 0 Å². The molecule has 0 atom stereocenters. The zero-order chi connectivity index (χ0) is 15.1. The van der Waals surface area contributed by atoms with Gasteiger partial charge in [0.2, 0.25) is 5.95 Å². The van der Waals surface area contributed by atoms with Crippen LogP contribution in [0.5, 0.6) is 0 Å². The number of aryl methyl sites for hydroxylation is 1. The van der Waals surface area contributed by atoms with Crippen molar-refractivity contribution in [3.05, 3.63) is 23.9 Å². The van der Waals surface area contributed by atoms with Crippen LogP contribution in [0.1, 0.15) is 45.1 Å². The summed E-state index contributed by atoms with van der Waals surface area (Å²) in [7, 11) is 0. The fourth-order valence-corrected chi connectivity index (χ4v) is 2.87. The van der Waals surface area contributed by atoms with Crippen LogP contribution in [-0.4, -0.2) is 31.9 Å². The lowest BCUT2D eigenvalue weighted by Gasteiger charge is -2.40. The molecule has 2 aromatic rings. The average Bonchev–Trinajstić information content (AvgIpc) is 2.83. The van der Waals surface area contributed by atoms with Crippen molar-refractivity contribution in [1.82, 2.24) is 14.6 Å². The lowest BCUT2D eigenvalue weighted by molar-refractivity contribution is -0.0146. The van der Waals surface area contributed by atoms with Gasteiger partial charge in [-0.25, -0.2) is 4.52 Å². The Morgan fingerprint density at radius 3 is 2.67 bits per heavy atom. The van der Waals surface area contributed by atoms with E-state index in [2.05, 4.69) is 29.2 Å². The Hall–Kier alpha value is -1.62. The molecule has 21 heavy (non-hydrogen) atoms. The summed E-state index contributed by atoms with van der Waals surface area (Å²) in [6.45, 7) is 7.08. The van der Waals surface area contributed by atoms with Crippen LogP contribution in [0.4, 0.5) is 5.95 Å². The highest BCUT2D eigenvalue weighted by Crippen LogP contribution is 2.40. The molecule has 5 nitrogen and oxygen atoms in total. The summed E-state index contributed by atoms with van der Waals surface area (Å²) < 4.78 is 1.77. The van der Waals surface area contributed by atoms with E-state index in [9.17, 15) is 5.11 Å². The maximum Gasteiger partial charge on any atom is 0.243 e. The van der Waals surface area contributed by atoms with Crippen LogP contribution < -0.4 is 5.32 Å². The third-order valence-corrected chi connectivity index (χ3v) is 4.59. The second-order valence-corrected chi connectivity index (χ2v) is 7.19. The molecule has 2 aromatic heterocycles. The van der Waals surface area contributed by atoms with Gasteiger partial charge in [0.15, 0.2) is 5.65 Å². The molecule has 1 fully saturated rings. The van der Waals surface area contributed by atoms with Crippen LogP contribution >= 0.6 is 0 Å². The van der Waals surface area contributed by atoms with Crippen LogP contribution in [0.25, 0.3) is 5.65 Å². The van der Waals surface area contributed by atoms with E-state index in [-0.39, 0.29) is 0 Å². The average molecular weight is 288 g/mol. The van der Waals surface area contributed by atoms with Gasteiger partial charge < -0.3 is 10.4 Å². The lowest BCUT2D eigenvalue weighted by Crippen LogP contribution is -2.42. The number of anilines is 1. The predicted molar refractivity (Wildman–Crippen MR) is 83.4 cm³/mol. The number of nitrogens with one attached hydrogen (secondary N) is 1. The van der Waals surface area contributed by atoms with E-state index in [1.54, 1.807) is 4.52 Å². The Morgan fingerprint density at radius 1 is 1.24 bits per heavy atom. The molecule has 114 valence electrons. The van der Waals surface area contributed by atoms with E-state index >= 15 is 0 Å². The highest BCUT2D eigenvalue weighted by Gasteiger charge is 2.36. The van der Waals surface area contributed by atoms with E-state index in [0.29, 0.717) is 17.9 Å². The predicted octanol–water partition coefficient (Wildman–Crippen LogP) is 2.78. The van der Waals surface area contributed by atoms with Crippen molar-refractivity contribution in [2.75, 3.05) is 11.9 Å².